The Balaban J connectivity index is 1.87. The number of allylic oxidation sites excluding steroid dienone is 3. The van der Waals surface area contributed by atoms with E-state index >= 15 is 0 Å². The number of hydrogen-bond acceptors (Lipinski definition) is 4. The molecule has 0 aromatic heterocycles. The van der Waals surface area contributed by atoms with Crippen LogP contribution < -0.4 is 4.90 Å². The summed E-state index contributed by atoms with van der Waals surface area (Å²) in [6.07, 6.45) is 5.53. The second kappa shape index (κ2) is 7.93. The second-order valence-corrected chi connectivity index (χ2v) is 8.96. The van der Waals surface area contributed by atoms with E-state index in [0.717, 1.165) is 34.9 Å². The molecular formula is C26H29N3O3. The van der Waals surface area contributed by atoms with Crippen molar-refractivity contribution >= 4 is 34.3 Å². The third-order valence-corrected chi connectivity index (χ3v) is 6.56. The summed E-state index contributed by atoms with van der Waals surface area (Å²) in [6, 6.07) is 12.1. The van der Waals surface area contributed by atoms with E-state index in [0.29, 0.717) is 0 Å². The van der Waals surface area contributed by atoms with E-state index in [1.54, 1.807) is 6.08 Å². The summed E-state index contributed by atoms with van der Waals surface area (Å²) in [5.41, 5.74) is 3.14. The molecule has 0 N–H and O–H groups in total. The lowest BCUT2D eigenvalue weighted by Gasteiger charge is -2.29. The van der Waals surface area contributed by atoms with Crippen LogP contribution in [-0.4, -0.2) is 48.3 Å². The Bertz CT molecular complexity index is 1170. The Labute approximate surface area is 188 Å². The molecule has 0 atom stereocenters. The van der Waals surface area contributed by atoms with Crippen molar-refractivity contribution in [1.82, 2.24) is 9.80 Å². The molecule has 4 rings (SSSR count). The van der Waals surface area contributed by atoms with Crippen LogP contribution >= 0.6 is 0 Å². The zero-order valence-corrected chi connectivity index (χ0v) is 19.3. The molecule has 1 fully saturated rings. The van der Waals surface area contributed by atoms with Gasteiger partial charge >= 0.3 is 6.03 Å². The molecule has 0 unspecified atom stereocenters. The summed E-state index contributed by atoms with van der Waals surface area (Å²) in [5, 5.41) is 2.38. The first-order valence-electron chi connectivity index (χ1n) is 11.0. The first kappa shape index (κ1) is 21.8. The maximum absolute atomic E-state index is 12.7. The fourth-order valence-corrected chi connectivity index (χ4v) is 4.65. The fourth-order valence-electron chi connectivity index (χ4n) is 4.65. The summed E-state index contributed by atoms with van der Waals surface area (Å²) < 4.78 is 0. The van der Waals surface area contributed by atoms with Crippen LogP contribution in [0.5, 0.6) is 0 Å². The van der Waals surface area contributed by atoms with Gasteiger partial charge < -0.3 is 4.90 Å². The Morgan fingerprint density at radius 2 is 1.56 bits per heavy atom. The maximum Gasteiger partial charge on any atom is 0.333 e. The summed E-state index contributed by atoms with van der Waals surface area (Å²) in [7, 11) is 2.78. The molecule has 4 amide bonds. The Hall–Kier alpha value is -3.41. The molecule has 6 nitrogen and oxygen atoms in total. The van der Waals surface area contributed by atoms with Crippen LogP contribution in [0.15, 0.2) is 59.8 Å². The van der Waals surface area contributed by atoms with Crippen LogP contribution in [-0.2, 0) is 15.0 Å². The predicted molar refractivity (Wildman–Crippen MR) is 126 cm³/mol. The summed E-state index contributed by atoms with van der Waals surface area (Å²) in [5.74, 6) is -1.15. The first-order valence-corrected chi connectivity index (χ1v) is 11.0. The number of unbranched alkanes of at least 4 members (excludes halogenated alkanes) is 1. The predicted octanol–water partition coefficient (Wildman–Crippen LogP) is 4.60. The fraction of sp³-hybridized carbons (Fsp3) is 0.346. The molecule has 6 heteroatoms. The van der Waals surface area contributed by atoms with E-state index in [1.165, 1.54) is 36.1 Å². The van der Waals surface area contributed by atoms with Gasteiger partial charge in [-0.15, -0.1) is 0 Å². The SMILES string of the molecule is CCCCN1/C(=C/C=C2C(=O)N(C)C(=O)N(C)C2=O)C(C)(C)c2ccc3ccccc3c21. The number of benzene rings is 2. The average Bonchev–Trinajstić information content (AvgIpc) is 3.01. The number of imide groups is 2. The molecule has 0 saturated carbocycles. The van der Waals surface area contributed by atoms with E-state index in [-0.39, 0.29) is 11.0 Å². The minimum absolute atomic E-state index is 0.00541. The standard InChI is InChI=1S/C26H29N3O3/c1-6-7-16-29-21(15-13-19-23(30)27(4)25(32)28(5)24(19)31)26(2,3)20-14-12-17-10-8-9-11-18(17)22(20)29/h8-15H,6-7,16H2,1-5H3/b21-15+. The zero-order chi connectivity index (χ0) is 23.2. The monoisotopic (exact) mass is 431 g/mol. The molecule has 2 aliphatic rings. The second-order valence-electron chi connectivity index (χ2n) is 8.96. The minimum atomic E-state index is -0.616. The molecule has 0 bridgehead atoms. The molecule has 0 spiro atoms. The number of urea groups is 1. The van der Waals surface area contributed by atoms with Gasteiger partial charge in [0.2, 0.25) is 0 Å². The van der Waals surface area contributed by atoms with E-state index < -0.39 is 17.8 Å². The first-order chi connectivity index (χ1) is 15.2. The zero-order valence-electron chi connectivity index (χ0n) is 19.3. The highest BCUT2D eigenvalue weighted by atomic mass is 16.2. The van der Waals surface area contributed by atoms with Gasteiger partial charge in [0.1, 0.15) is 5.57 Å². The Kier molecular flexibility index (Phi) is 5.41. The summed E-state index contributed by atoms with van der Waals surface area (Å²) in [6.45, 7) is 7.35. The minimum Gasteiger partial charge on any atom is -0.343 e. The van der Waals surface area contributed by atoms with Crippen LogP contribution in [0.25, 0.3) is 10.8 Å². The molecule has 166 valence electrons. The van der Waals surface area contributed by atoms with Crippen LogP contribution in [0.3, 0.4) is 0 Å². The lowest BCUT2D eigenvalue weighted by atomic mass is 9.83. The smallest absolute Gasteiger partial charge is 0.333 e. The number of fused-ring (bicyclic) bond motifs is 3. The van der Waals surface area contributed by atoms with Crippen molar-refractivity contribution in [2.45, 2.75) is 39.0 Å². The highest BCUT2D eigenvalue weighted by Crippen LogP contribution is 2.50. The lowest BCUT2D eigenvalue weighted by molar-refractivity contribution is -0.134. The van der Waals surface area contributed by atoms with Gasteiger partial charge in [-0.3, -0.25) is 19.4 Å². The van der Waals surface area contributed by atoms with Crippen molar-refractivity contribution in [3.05, 3.63) is 65.4 Å². The van der Waals surface area contributed by atoms with Gasteiger partial charge in [-0.25, -0.2) is 4.79 Å². The molecule has 1 saturated heterocycles. The largest absolute Gasteiger partial charge is 0.343 e. The third-order valence-electron chi connectivity index (χ3n) is 6.56. The van der Waals surface area contributed by atoms with Gasteiger partial charge in [-0.1, -0.05) is 63.6 Å². The topological polar surface area (TPSA) is 60.9 Å². The van der Waals surface area contributed by atoms with Gasteiger partial charge in [-0.05, 0) is 29.5 Å². The van der Waals surface area contributed by atoms with Gasteiger partial charge in [-0.2, -0.15) is 0 Å². The third kappa shape index (κ3) is 3.22. The van der Waals surface area contributed by atoms with Crippen LogP contribution in [0.1, 0.15) is 39.2 Å². The van der Waals surface area contributed by atoms with Crippen LogP contribution in [0.2, 0.25) is 0 Å². The number of carbonyl (C=O) groups excluding carboxylic acids is 3. The number of barbiturate groups is 1. The number of carbonyl (C=O) groups is 3. The lowest BCUT2D eigenvalue weighted by Crippen LogP contribution is -2.53. The number of hydrogen-bond donors (Lipinski definition) is 0. The molecule has 2 heterocycles. The number of anilines is 1. The number of rotatable bonds is 4. The Morgan fingerprint density at radius 1 is 0.906 bits per heavy atom. The summed E-state index contributed by atoms with van der Waals surface area (Å²) in [4.78, 5) is 41.6. The van der Waals surface area contributed by atoms with Crippen molar-refractivity contribution in [2.24, 2.45) is 0 Å². The molecule has 2 aliphatic heterocycles. The van der Waals surface area contributed by atoms with E-state index in [9.17, 15) is 14.4 Å². The molecule has 32 heavy (non-hydrogen) atoms. The van der Waals surface area contributed by atoms with Crippen molar-refractivity contribution < 1.29 is 14.4 Å². The highest BCUT2D eigenvalue weighted by Gasteiger charge is 2.41. The quantitative estimate of drug-likeness (QED) is 0.524. The van der Waals surface area contributed by atoms with Gasteiger partial charge in [0, 0.05) is 37.1 Å². The van der Waals surface area contributed by atoms with Crippen molar-refractivity contribution in [2.75, 3.05) is 25.5 Å². The van der Waals surface area contributed by atoms with Crippen LogP contribution in [0.4, 0.5) is 10.5 Å². The van der Waals surface area contributed by atoms with Crippen molar-refractivity contribution in [3.63, 3.8) is 0 Å². The van der Waals surface area contributed by atoms with Crippen molar-refractivity contribution in [3.8, 4) is 0 Å². The van der Waals surface area contributed by atoms with Crippen LogP contribution in [0, 0.1) is 0 Å². The van der Waals surface area contributed by atoms with Gasteiger partial charge in [0.15, 0.2) is 0 Å². The summed E-state index contributed by atoms with van der Waals surface area (Å²) >= 11 is 0. The average molecular weight is 432 g/mol. The molecular weight excluding hydrogens is 402 g/mol. The van der Waals surface area contributed by atoms with E-state index in [4.69, 9.17) is 0 Å². The molecule has 2 aromatic carbocycles. The molecule has 0 aliphatic carbocycles. The highest BCUT2D eigenvalue weighted by molar-refractivity contribution is 6.28. The van der Waals surface area contributed by atoms with E-state index in [1.807, 2.05) is 12.1 Å². The van der Waals surface area contributed by atoms with Crippen molar-refractivity contribution in [1.29, 1.82) is 0 Å². The van der Waals surface area contributed by atoms with Gasteiger partial charge in [0.25, 0.3) is 11.8 Å². The van der Waals surface area contributed by atoms with Gasteiger partial charge in [0.05, 0.1) is 5.69 Å². The van der Waals surface area contributed by atoms with E-state index in [2.05, 4.69) is 56.0 Å². The normalized spacial score (nSPS) is 19.4. The number of nitrogens with zero attached hydrogens (tertiary/aromatic N) is 3. The molecule has 2 aromatic rings. The number of likely N-dealkylation sites (N-methyl/N-ethyl adjacent to an activating group) is 2. The Morgan fingerprint density at radius 3 is 2.22 bits per heavy atom. The number of amides is 4. The maximum atomic E-state index is 12.7. The molecule has 0 radical (unpaired) electrons.